The molecular weight excluding hydrogens is 291 g/mol. The van der Waals surface area contributed by atoms with E-state index in [1.54, 1.807) is 18.2 Å². The molecule has 0 aliphatic carbocycles. The number of aromatic nitrogens is 3. The number of hydrogen-bond acceptors (Lipinski definition) is 2. The number of fused-ring (bicyclic) bond motifs is 1. The van der Waals surface area contributed by atoms with Gasteiger partial charge in [-0.2, -0.15) is 13.2 Å². The minimum atomic E-state index is -4.46. The Morgan fingerprint density at radius 2 is 1.75 bits per heavy atom. The Kier molecular flexibility index (Phi) is 2.90. The minimum Gasteiger partial charge on any atom is -0.207 e. The standard InChI is InChI=1S/C13H7ClF3N3/c14-10-6-3-7-11-18-12(19-20(10)11)8-4-1-2-5-9(8)13(15,16)17/h1-7H. The van der Waals surface area contributed by atoms with Crippen molar-refractivity contribution in [2.75, 3.05) is 0 Å². The van der Waals surface area contributed by atoms with E-state index in [-0.39, 0.29) is 16.5 Å². The number of nitrogens with zero attached hydrogens (tertiary/aromatic N) is 3. The van der Waals surface area contributed by atoms with E-state index in [0.29, 0.717) is 5.65 Å². The Bertz CT molecular complexity index is 780. The van der Waals surface area contributed by atoms with Gasteiger partial charge in [-0.3, -0.25) is 0 Å². The maximum absolute atomic E-state index is 13.0. The van der Waals surface area contributed by atoms with Crippen LogP contribution in [0.15, 0.2) is 42.5 Å². The van der Waals surface area contributed by atoms with Gasteiger partial charge in [0.2, 0.25) is 0 Å². The fraction of sp³-hybridized carbons (Fsp3) is 0.0769. The Morgan fingerprint density at radius 3 is 2.45 bits per heavy atom. The first-order valence-corrected chi connectivity index (χ1v) is 6.02. The van der Waals surface area contributed by atoms with Crippen LogP contribution >= 0.6 is 11.6 Å². The quantitative estimate of drug-likeness (QED) is 0.634. The molecule has 3 aromatic rings. The van der Waals surface area contributed by atoms with Crippen LogP contribution in [0, 0.1) is 0 Å². The molecule has 0 aliphatic rings. The van der Waals surface area contributed by atoms with Gasteiger partial charge in [0.15, 0.2) is 11.5 Å². The molecule has 0 fully saturated rings. The average Bonchev–Trinajstić information content (AvgIpc) is 2.83. The van der Waals surface area contributed by atoms with Crippen molar-refractivity contribution in [3.63, 3.8) is 0 Å². The zero-order valence-electron chi connectivity index (χ0n) is 9.89. The van der Waals surface area contributed by atoms with Crippen LogP contribution in [-0.4, -0.2) is 14.6 Å². The molecule has 102 valence electrons. The van der Waals surface area contributed by atoms with Crippen molar-refractivity contribution in [2.24, 2.45) is 0 Å². The Hall–Kier alpha value is -2.08. The zero-order valence-corrected chi connectivity index (χ0v) is 10.7. The predicted molar refractivity (Wildman–Crippen MR) is 68.4 cm³/mol. The van der Waals surface area contributed by atoms with E-state index in [9.17, 15) is 13.2 Å². The number of pyridine rings is 1. The summed E-state index contributed by atoms with van der Waals surface area (Å²) in [5.41, 5.74) is -0.448. The Labute approximate surface area is 116 Å². The van der Waals surface area contributed by atoms with Gasteiger partial charge < -0.3 is 0 Å². The van der Waals surface area contributed by atoms with Gasteiger partial charge in [0.25, 0.3) is 0 Å². The average molecular weight is 298 g/mol. The summed E-state index contributed by atoms with van der Waals surface area (Å²) in [4.78, 5) is 4.09. The molecule has 20 heavy (non-hydrogen) atoms. The molecule has 7 heteroatoms. The second-order valence-corrected chi connectivity index (χ2v) is 4.48. The molecule has 3 nitrogen and oxygen atoms in total. The van der Waals surface area contributed by atoms with E-state index in [2.05, 4.69) is 10.1 Å². The molecule has 0 saturated carbocycles. The van der Waals surface area contributed by atoms with Gasteiger partial charge in [-0.25, -0.2) is 9.50 Å². The van der Waals surface area contributed by atoms with E-state index in [1.807, 2.05) is 0 Å². The van der Waals surface area contributed by atoms with Crippen molar-refractivity contribution in [1.82, 2.24) is 14.6 Å². The second kappa shape index (κ2) is 4.49. The summed E-state index contributed by atoms with van der Waals surface area (Å²) in [7, 11) is 0. The fourth-order valence-electron chi connectivity index (χ4n) is 1.91. The fourth-order valence-corrected chi connectivity index (χ4v) is 2.11. The topological polar surface area (TPSA) is 30.2 Å². The van der Waals surface area contributed by atoms with Crippen LogP contribution in [0.1, 0.15) is 5.56 Å². The van der Waals surface area contributed by atoms with Crippen LogP contribution in [0.25, 0.3) is 17.0 Å². The third kappa shape index (κ3) is 2.12. The molecule has 0 spiro atoms. The van der Waals surface area contributed by atoms with E-state index in [1.165, 1.54) is 22.7 Å². The number of alkyl halides is 3. The molecule has 0 aliphatic heterocycles. The van der Waals surface area contributed by atoms with Crippen LogP contribution in [0.4, 0.5) is 13.2 Å². The lowest BCUT2D eigenvalue weighted by Gasteiger charge is -2.09. The van der Waals surface area contributed by atoms with Gasteiger partial charge in [0.05, 0.1) is 5.56 Å². The van der Waals surface area contributed by atoms with Gasteiger partial charge in [-0.05, 0) is 18.2 Å². The molecule has 0 N–H and O–H groups in total. The van der Waals surface area contributed by atoms with Gasteiger partial charge in [0, 0.05) is 5.56 Å². The SMILES string of the molecule is FC(F)(F)c1ccccc1-c1nc2cccc(Cl)n2n1. The van der Waals surface area contributed by atoms with Crippen molar-refractivity contribution in [3.05, 3.63) is 53.2 Å². The van der Waals surface area contributed by atoms with Crippen LogP contribution in [-0.2, 0) is 6.18 Å². The highest BCUT2D eigenvalue weighted by Gasteiger charge is 2.34. The van der Waals surface area contributed by atoms with Crippen LogP contribution in [0.2, 0.25) is 5.15 Å². The van der Waals surface area contributed by atoms with Gasteiger partial charge in [-0.1, -0.05) is 35.9 Å². The molecule has 0 unspecified atom stereocenters. The normalized spacial score (nSPS) is 12.0. The highest BCUT2D eigenvalue weighted by Crippen LogP contribution is 2.35. The molecule has 1 aromatic carbocycles. The van der Waals surface area contributed by atoms with Crippen molar-refractivity contribution in [3.8, 4) is 11.4 Å². The minimum absolute atomic E-state index is 0.00831. The summed E-state index contributed by atoms with van der Waals surface area (Å²) < 4.78 is 40.2. The summed E-state index contributed by atoms with van der Waals surface area (Å²) in [6.45, 7) is 0. The van der Waals surface area contributed by atoms with Crippen molar-refractivity contribution in [2.45, 2.75) is 6.18 Å². The molecule has 3 rings (SSSR count). The Balaban J connectivity index is 2.24. The highest BCUT2D eigenvalue weighted by atomic mass is 35.5. The molecule has 2 aromatic heterocycles. The van der Waals surface area contributed by atoms with Crippen molar-refractivity contribution >= 4 is 17.2 Å². The molecule has 0 amide bonds. The lowest BCUT2D eigenvalue weighted by atomic mass is 10.1. The van der Waals surface area contributed by atoms with Crippen LogP contribution in [0.3, 0.4) is 0 Å². The number of rotatable bonds is 1. The summed E-state index contributed by atoms with van der Waals surface area (Å²) >= 11 is 5.93. The smallest absolute Gasteiger partial charge is 0.207 e. The first kappa shape index (κ1) is 12.9. The van der Waals surface area contributed by atoms with Crippen molar-refractivity contribution < 1.29 is 13.2 Å². The predicted octanol–water partition coefficient (Wildman–Crippen LogP) is 4.07. The second-order valence-electron chi connectivity index (χ2n) is 4.10. The number of benzene rings is 1. The lowest BCUT2D eigenvalue weighted by Crippen LogP contribution is -2.07. The summed E-state index contributed by atoms with van der Waals surface area (Å²) in [5.74, 6) is -0.00831. The summed E-state index contributed by atoms with van der Waals surface area (Å²) in [6, 6.07) is 10.0. The molecule has 2 heterocycles. The summed E-state index contributed by atoms with van der Waals surface area (Å²) in [5, 5.41) is 4.31. The van der Waals surface area contributed by atoms with Gasteiger partial charge in [0.1, 0.15) is 5.15 Å². The number of halogens is 4. The largest absolute Gasteiger partial charge is 0.417 e. The first-order chi connectivity index (χ1) is 9.47. The lowest BCUT2D eigenvalue weighted by molar-refractivity contribution is -0.137. The van der Waals surface area contributed by atoms with E-state index in [4.69, 9.17) is 11.6 Å². The maximum atomic E-state index is 13.0. The first-order valence-electron chi connectivity index (χ1n) is 5.65. The molecule has 0 bridgehead atoms. The summed E-state index contributed by atoms with van der Waals surface area (Å²) in [6.07, 6.45) is -4.46. The molecule has 0 atom stereocenters. The van der Waals surface area contributed by atoms with Crippen LogP contribution < -0.4 is 0 Å². The van der Waals surface area contributed by atoms with Gasteiger partial charge >= 0.3 is 6.18 Å². The molecular formula is C13H7ClF3N3. The monoisotopic (exact) mass is 297 g/mol. The van der Waals surface area contributed by atoms with Crippen LogP contribution in [0.5, 0.6) is 0 Å². The third-order valence-corrected chi connectivity index (χ3v) is 3.07. The van der Waals surface area contributed by atoms with E-state index in [0.717, 1.165) is 6.07 Å². The Morgan fingerprint density at radius 1 is 1.00 bits per heavy atom. The highest BCUT2D eigenvalue weighted by molar-refractivity contribution is 6.29. The molecule has 0 saturated heterocycles. The maximum Gasteiger partial charge on any atom is 0.417 e. The van der Waals surface area contributed by atoms with Gasteiger partial charge in [-0.15, -0.1) is 5.10 Å². The third-order valence-electron chi connectivity index (χ3n) is 2.79. The van der Waals surface area contributed by atoms with E-state index < -0.39 is 11.7 Å². The van der Waals surface area contributed by atoms with E-state index >= 15 is 0 Å². The van der Waals surface area contributed by atoms with Crippen molar-refractivity contribution in [1.29, 1.82) is 0 Å². The molecule has 0 radical (unpaired) electrons. The number of hydrogen-bond donors (Lipinski definition) is 0. The zero-order chi connectivity index (χ0) is 14.3.